The van der Waals surface area contributed by atoms with Crippen LogP contribution < -0.4 is 14.0 Å². The van der Waals surface area contributed by atoms with Gasteiger partial charge in [-0.2, -0.15) is 4.57 Å². The molecule has 0 saturated carbocycles. The first-order chi connectivity index (χ1) is 10.7. The molecule has 1 aliphatic rings. The lowest BCUT2D eigenvalue weighted by molar-refractivity contribution is -0.633. The van der Waals surface area contributed by atoms with E-state index in [-0.39, 0.29) is 0 Å². The highest BCUT2D eigenvalue weighted by atomic mass is 16.6. The van der Waals surface area contributed by atoms with E-state index >= 15 is 0 Å². The average molecular weight is 292 g/mol. The van der Waals surface area contributed by atoms with Gasteiger partial charge in [0.05, 0.1) is 5.56 Å². The van der Waals surface area contributed by atoms with Crippen LogP contribution in [0.3, 0.4) is 0 Å². The van der Waals surface area contributed by atoms with Crippen LogP contribution in [0.15, 0.2) is 48.5 Å². The van der Waals surface area contributed by atoms with Gasteiger partial charge >= 0.3 is 0 Å². The van der Waals surface area contributed by atoms with Crippen molar-refractivity contribution in [2.24, 2.45) is 7.05 Å². The monoisotopic (exact) mass is 292 g/mol. The summed E-state index contributed by atoms with van der Waals surface area (Å²) in [4.78, 5) is 0. The van der Waals surface area contributed by atoms with E-state index in [2.05, 4.69) is 67.1 Å². The molecule has 2 aromatic carbocycles. The summed E-state index contributed by atoms with van der Waals surface area (Å²) in [5.41, 5.74) is 4.76. The Balaban J connectivity index is 1.93. The Morgan fingerprint density at radius 1 is 0.909 bits per heavy atom. The zero-order valence-electron chi connectivity index (χ0n) is 12.8. The van der Waals surface area contributed by atoms with Crippen LogP contribution >= 0.6 is 0 Å². The van der Waals surface area contributed by atoms with Gasteiger partial charge in [-0.1, -0.05) is 12.1 Å². The molecule has 4 rings (SSSR count). The van der Waals surface area contributed by atoms with Crippen molar-refractivity contribution in [1.82, 2.24) is 0 Å². The average Bonchev–Trinajstić information content (AvgIpc) is 2.55. The van der Waals surface area contributed by atoms with Crippen LogP contribution in [0.2, 0.25) is 0 Å². The zero-order valence-corrected chi connectivity index (χ0v) is 12.8. The van der Waals surface area contributed by atoms with E-state index in [1.54, 1.807) is 0 Å². The predicted octanol–water partition coefficient (Wildman–Crippen LogP) is 3.41. The fourth-order valence-corrected chi connectivity index (χ4v) is 3.08. The molecule has 1 aliphatic heterocycles. The number of para-hydroxylation sites is 1. The topological polar surface area (TPSA) is 22.3 Å². The van der Waals surface area contributed by atoms with E-state index in [9.17, 15) is 0 Å². The molecule has 1 aromatic heterocycles. The lowest BCUT2D eigenvalue weighted by atomic mass is 10.0. The Hall–Kier alpha value is -2.55. The largest absolute Gasteiger partial charge is 0.486 e. The summed E-state index contributed by atoms with van der Waals surface area (Å²) in [7, 11) is 2.11. The molecule has 2 heterocycles. The van der Waals surface area contributed by atoms with Crippen molar-refractivity contribution in [3.63, 3.8) is 0 Å². The summed E-state index contributed by atoms with van der Waals surface area (Å²) in [5.74, 6) is 1.68. The Morgan fingerprint density at radius 3 is 2.45 bits per heavy atom. The minimum Gasteiger partial charge on any atom is -0.486 e. The number of ether oxygens (including phenoxy) is 2. The summed E-state index contributed by atoms with van der Waals surface area (Å²) < 4.78 is 13.6. The molecule has 0 amide bonds. The van der Waals surface area contributed by atoms with E-state index in [4.69, 9.17) is 9.47 Å². The van der Waals surface area contributed by atoms with Gasteiger partial charge < -0.3 is 9.47 Å². The summed E-state index contributed by atoms with van der Waals surface area (Å²) >= 11 is 0. The number of hydrogen-bond donors (Lipinski definition) is 0. The maximum Gasteiger partial charge on any atom is 0.213 e. The molecule has 0 aliphatic carbocycles. The highest BCUT2D eigenvalue weighted by Gasteiger charge is 2.20. The van der Waals surface area contributed by atoms with Crippen LogP contribution in [0.4, 0.5) is 0 Å². The van der Waals surface area contributed by atoms with E-state index in [1.165, 1.54) is 27.7 Å². The highest BCUT2D eigenvalue weighted by Crippen LogP contribution is 2.36. The Bertz CT molecular complexity index is 871. The van der Waals surface area contributed by atoms with E-state index in [0.29, 0.717) is 13.2 Å². The zero-order chi connectivity index (χ0) is 15.1. The lowest BCUT2D eigenvalue weighted by Crippen LogP contribution is -2.32. The second-order valence-corrected chi connectivity index (χ2v) is 5.65. The summed E-state index contributed by atoms with van der Waals surface area (Å²) in [6.07, 6.45) is 0. The van der Waals surface area contributed by atoms with Gasteiger partial charge in [-0.15, -0.1) is 0 Å². The molecule has 0 unspecified atom stereocenters. The molecule has 0 saturated heterocycles. The van der Waals surface area contributed by atoms with Crippen LogP contribution in [0.1, 0.15) is 5.56 Å². The maximum absolute atomic E-state index is 5.73. The Labute approximate surface area is 129 Å². The number of fused-ring (bicyclic) bond motifs is 2. The van der Waals surface area contributed by atoms with Gasteiger partial charge in [0.2, 0.25) is 11.2 Å². The van der Waals surface area contributed by atoms with E-state index in [1.807, 2.05) is 0 Å². The molecule has 0 fully saturated rings. The van der Waals surface area contributed by atoms with Crippen LogP contribution in [-0.4, -0.2) is 13.2 Å². The summed E-state index contributed by atoms with van der Waals surface area (Å²) in [6.45, 7) is 3.34. The van der Waals surface area contributed by atoms with Crippen molar-refractivity contribution in [3.8, 4) is 22.8 Å². The smallest absolute Gasteiger partial charge is 0.213 e. The van der Waals surface area contributed by atoms with Gasteiger partial charge in [0.1, 0.15) is 20.3 Å². The Morgan fingerprint density at radius 2 is 1.64 bits per heavy atom. The van der Waals surface area contributed by atoms with E-state index < -0.39 is 0 Å². The fraction of sp³-hybridized carbons (Fsp3) is 0.211. The molecule has 22 heavy (non-hydrogen) atoms. The van der Waals surface area contributed by atoms with Gasteiger partial charge in [-0.3, -0.25) is 0 Å². The standard InChI is InChI=1S/C19H18NO2/c1-13-11-18-19(22-10-9-21-18)12-15(13)17-8-7-14-5-3-4-6-16(14)20(17)2/h3-8,11-12H,9-10H2,1-2H3/q+1. The number of rotatable bonds is 1. The maximum atomic E-state index is 5.73. The third kappa shape index (κ3) is 2.01. The number of aromatic nitrogens is 1. The second-order valence-electron chi connectivity index (χ2n) is 5.65. The molecule has 0 N–H and O–H groups in total. The molecule has 110 valence electrons. The van der Waals surface area contributed by atoms with Crippen LogP contribution in [0, 0.1) is 6.92 Å². The molecule has 3 heteroatoms. The first kappa shape index (κ1) is 13.1. The second kappa shape index (κ2) is 5.02. The van der Waals surface area contributed by atoms with E-state index in [0.717, 1.165) is 11.5 Å². The predicted molar refractivity (Wildman–Crippen MR) is 86.3 cm³/mol. The molecule has 0 radical (unpaired) electrons. The van der Waals surface area contributed by atoms with Gasteiger partial charge in [0.15, 0.2) is 11.5 Å². The van der Waals surface area contributed by atoms with Crippen molar-refractivity contribution in [1.29, 1.82) is 0 Å². The number of nitrogens with zero attached hydrogens (tertiary/aromatic N) is 1. The van der Waals surface area contributed by atoms with Crippen LogP contribution in [-0.2, 0) is 7.05 Å². The van der Waals surface area contributed by atoms with Crippen LogP contribution in [0.25, 0.3) is 22.2 Å². The van der Waals surface area contributed by atoms with Crippen molar-refractivity contribution in [2.75, 3.05) is 13.2 Å². The van der Waals surface area contributed by atoms with Crippen LogP contribution in [0.5, 0.6) is 11.5 Å². The van der Waals surface area contributed by atoms with Crippen molar-refractivity contribution in [3.05, 3.63) is 54.1 Å². The molecule has 3 nitrogen and oxygen atoms in total. The molecular formula is C19H18NO2+. The quantitative estimate of drug-likeness (QED) is 0.641. The molecule has 3 aromatic rings. The minimum atomic E-state index is 0.610. The van der Waals surface area contributed by atoms with Crippen molar-refractivity contribution < 1.29 is 14.0 Å². The SMILES string of the molecule is Cc1cc2c(cc1-c1ccc3ccccc3[n+]1C)OCCO2. The van der Waals surface area contributed by atoms with Gasteiger partial charge in [0.25, 0.3) is 0 Å². The molecular weight excluding hydrogens is 274 g/mol. The van der Waals surface area contributed by atoms with Crippen molar-refractivity contribution >= 4 is 10.9 Å². The first-order valence-electron chi connectivity index (χ1n) is 7.52. The van der Waals surface area contributed by atoms with Crippen molar-refractivity contribution in [2.45, 2.75) is 6.92 Å². The molecule has 0 atom stereocenters. The Kier molecular flexibility index (Phi) is 3.00. The van der Waals surface area contributed by atoms with Gasteiger partial charge in [-0.05, 0) is 36.8 Å². The first-order valence-corrected chi connectivity index (χ1v) is 7.52. The minimum absolute atomic E-state index is 0.610. The fourth-order valence-electron chi connectivity index (χ4n) is 3.08. The lowest BCUT2D eigenvalue weighted by Gasteiger charge is -2.20. The summed E-state index contributed by atoms with van der Waals surface area (Å²) in [6, 6.07) is 16.9. The van der Waals surface area contributed by atoms with Gasteiger partial charge in [0, 0.05) is 17.5 Å². The number of benzene rings is 2. The third-order valence-corrected chi connectivity index (χ3v) is 4.25. The normalized spacial score (nSPS) is 13.4. The molecule has 0 bridgehead atoms. The number of pyridine rings is 1. The highest BCUT2D eigenvalue weighted by molar-refractivity contribution is 5.78. The third-order valence-electron chi connectivity index (χ3n) is 4.25. The summed E-state index contributed by atoms with van der Waals surface area (Å²) in [5, 5.41) is 1.24. The number of aryl methyl sites for hydroxylation is 2. The molecule has 0 spiro atoms. The number of hydrogen-bond acceptors (Lipinski definition) is 2. The van der Waals surface area contributed by atoms with Gasteiger partial charge in [-0.25, -0.2) is 0 Å².